The van der Waals surface area contributed by atoms with Crippen molar-refractivity contribution in [2.24, 2.45) is 5.92 Å². The predicted molar refractivity (Wildman–Crippen MR) is 71.7 cm³/mol. The van der Waals surface area contributed by atoms with Crippen LogP contribution in [-0.2, 0) is 29.5 Å². The quantitative estimate of drug-likeness (QED) is 0.840. The van der Waals surface area contributed by atoms with Crippen molar-refractivity contribution < 1.29 is 30.0 Å². The molecular weight excluding hydrogens is 340 g/mol. The summed E-state index contributed by atoms with van der Waals surface area (Å²) in [7, 11) is 1.87. The molecule has 0 saturated carbocycles. The molecular formula is C14H17CoF3N4. The van der Waals surface area contributed by atoms with Gasteiger partial charge in [-0.25, -0.2) is 0 Å². The maximum atomic E-state index is 12.4. The van der Waals surface area contributed by atoms with Crippen molar-refractivity contribution in [3.63, 3.8) is 0 Å². The summed E-state index contributed by atoms with van der Waals surface area (Å²) >= 11 is 0. The van der Waals surface area contributed by atoms with Gasteiger partial charge in [-0.15, -0.1) is 18.2 Å². The van der Waals surface area contributed by atoms with Gasteiger partial charge in [0.25, 0.3) is 0 Å². The normalized spacial score (nSPS) is 14.9. The van der Waals surface area contributed by atoms with Crippen LogP contribution < -0.4 is 5.32 Å². The van der Waals surface area contributed by atoms with Crippen LogP contribution in [-0.4, -0.2) is 36.6 Å². The number of likely N-dealkylation sites (tertiary alicyclic amines) is 1. The van der Waals surface area contributed by atoms with Gasteiger partial charge < -0.3 is 22.1 Å². The molecule has 1 fully saturated rings. The van der Waals surface area contributed by atoms with Gasteiger partial charge in [0, 0.05) is 18.8 Å². The average molecular weight is 357 g/mol. The van der Waals surface area contributed by atoms with Gasteiger partial charge in [0.15, 0.2) is 0 Å². The maximum absolute atomic E-state index is 12.4. The first-order valence-corrected chi connectivity index (χ1v) is 6.40. The Hall–Kier alpha value is -1.14. The average Bonchev–Trinajstić information content (AvgIpc) is 2.42. The fraction of sp³-hybridized carbons (Fsp3) is 0.500. The molecule has 8 heteroatoms. The van der Waals surface area contributed by atoms with Crippen molar-refractivity contribution >= 4 is 0 Å². The van der Waals surface area contributed by atoms with Crippen molar-refractivity contribution in [1.29, 1.82) is 5.26 Å². The zero-order chi connectivity index (χ0) is 15.9. The van der Waals surface area contributed by atoms with E-state index in [0.717, 1.165) is 12.6 Å². The van der Waals surface area contributed by atoms with E-state index in [4.69, 9.17) is 5.26 Å². The van der Waals surface area contributed by atoms with Gasteiger partial charge >= 0.3 is 23.0 Å². The zero-order valence-corrected chi connectivity index (χ0v) is 13.1. The van der Waals surface area contributed by atoms with Crippen molar-refractivity contribution in [2.75, 3.05) is 26.7 Å². The van der Waals surface area contributed by atoms with Crippen LogP contribution in [0.15, 0.2) is 12.1 Å². The summed E-state index contributed by atoms with van der Waals surface area (Å²) in [5.74, 6) is 0.00269. The topological polar surface area (TPSA) is 52.0 Å². The Balaban J connectivity index is 0.000000791. The van der Waals surface area contributed by atoms with Gasteiger partial charge in [-0.1, -0.05) is 6.20 Å². The van der Waals surface area contributed by atoms with Crippen molar-refractivity contribution in [3.05, 3.63) is 36.5 Å². The minimum absolute atomic E-state index is 0. The monoisotopic (exact) mass is 357 g/mol. The Kier molecular flexibility index (Phi) is 9.28. The molecule has 22 heavy (non-hydrogen) atoms. The van der Waals surface area contributed by atoms with E-state index >= 15 is 0 Å². The molecule has 2 rings (SSSR count). The van der Waals surface area contributed by atoms with Crippen molar-refractivity contribution in [2.45, 2.75) is 12.7 Å². The summed E-state index contributed by atoms with van der Waals surface area (Å²) in [6, 6.07) is 4.57. The fourth-order valence-electron chi connectivity index (χ4n) is 1.71. The number of halogens is 3. The Morgan fingerprint density at radius 2 is 2.14 bits per heavy atom. The first-order chi connectivity index (χ1) is 9.90. The number of hydrogen-bond acceptors (Lipinski definition) is 4. The molecule has 0 aromatic carbocycles. The van der Waals surface area contributed by atoms with Gasteiger partial charge in [-0.05, 0) is 13.6 Å². The van der Waals surface area contributed by atoms with Crippen LogP contribution in [0.5, 0.6) is 0 Å². The minimum Gasteiger partial charge on any atom is -0.382 e. The molecule has 123 valence electrons. The Labute approximate surface area is 138 Å². The molecule has 0 aliphatic carbocycles. The van der Waals surface area contributed by atoms with Gasteiger partial charge in [0.2, 0.25) is 0 Å². The van der Waals surface area contributed by atoms with Crippen LogP contribution in [0.4, 0.5) is 13.2 Å². The summed E-state index contributed by atoms with van der Waals surface area (Å²) in [6.07, 6.45) is -2.18. The van der Waals surface area contributed by atoms with E-state index in [-0.39, 0.29) is 22.7 Å². The van der Waals surface area contributed by atoms with Crippen LogP contribution in [0.25, 0.3) is 0 Å². The van der Waals surface area contributed by atoms with E-state index in [0.29, 0.717) is 25.2 Å². The van der Waals surface area contributed by atoms with Crippen LogP contribution in [0.3, 0.4) is 0 Å². The fourth-order valence-corrected chi connectivity index (χ4v) is 1.71. The van der Waals surface area contributed by atoms with Crippen LogP contribution in [0, 0.1) is 30.4 Å². The standard InChI is InChI=1S/C11H9F3N3.C3H8N.Co/c12-11(13,14)10-3-8(1-2-16-10)5-17-6-9(4-15)7-17;1-3-4-2;/h1,3,9H,5-7H2;4H,1,3H2,2H3;/q2*-1;+2. The summed E-state index contributed by atoms with van der Waals surface area (Å²) in [6.45, 7) is 5.94. The first-order valence-electron chi connectivity index (χ1n) is 6.40. The third-order valence-corrected chi connectivity index (χ3v) is 2.84. The SMILES string of the molecule is N#CC1CN(Cc2c[c-]nc(C(F)(F)F)c2)C1.[CH2-]CNC.[Co+2]. The second-order valence-corrected chi connectivity index (χ2v) is 4.61. The number of nitrogens with one attached hydrogen (secondary N) is 1. The summed E-state index contributed by atoms with van der Waals surface area (Å²) in [5.41, 5.74) is -0.406. The molecule has 4 nitrogen and oxygen atoms in total. The number of alkyl halides is 3. The van der Waals surface area contributed by atoms with Crippen LogP contribution >= 0.6 is 0 Å². The number of hydrogen-bond donors (Lipinski definition) is 1. The molecule has 0 bridgehead atoms. The van der Waals surface area contributed by atoms with Gasteiger partial charge in [0.05, 0.1) is 12.0 Å². The third kappa shape index (κ3) is 6.74. The number of aromatic nitrogens is 1. The van der Waals surface area contributed by atoms with Crippen molar-refractivity contribution in [1.82, 2.24) is 15.2 Å². The van der Waals surface area contributed by atoms with E-state index in [1.807, 2.05) is 11.9 Å². The molecule has 1 aliphatic rings. The molecule has 1 radical (unpaired) electrons. The van der Waals surface area contributed by atoms with Crippen LogP contribution in [0.1, 0.15) is 11.3 Å². The maximum Gasteiger partial charge on any atom is 2.00 e. The second-order valence-electron chi connectivity index (χ2n) is 4.61. The third-order valence-electron chi connectivity index (χ3n) is 2.84. The molecule has 0 spiro atoms. The van der Waals surface area contributed by atoms with E-state index in [2.05, 4.69) is 29.5 Å². The largest absolute Gasteiger partial charge is 2.00 e. The number of nitrogens with zero attached hydrogens (tertiary/aromatic N) is 3. The molecule has 0 unspecified atom stereocenters. The van der Waals surface area contributed by atoms with Gasteiger partial charge in [-0.3, -0.25) is 0 Å². The van der Waals surface area contributed by atoms with Crippen LogP contribution in [0.2, 0.25) is 0 Å². The van der Waals surface area contributed by atoms with Crippen molar-refractivity contribution in [3.8, 4) is 6.07 Å². The second kappa shape index (κ2) is 9.79. The molecule has 1 aliphatic heterocycles. The van der Waals surface area contributed by atoms with Gasteiger partial charge in [-0.2, -0.15) is 24.5 Å². The van der Waals surface area contributed by atoms with E-state index < -0.39 is 11.9 Å². The summed E-state index contributed by atoms with van der Waals surface area (Å²) in [5, 5.41) is 11.4. The molecule has 1 aromatic heterocycles. The summed E-state index contributed by atoms with van der Waals surface area (Å²) in [4.78, 5) is 5.09. The number of nitriles is 1. The van der Waals surface area contributed by atoms with Gasteiger partial charge in [0.1, 0.15) is 0 Å². The Morgan fingerprint density at radius 1 is 1.55 bits per heavy atom. The first kappa shape index (κ1) is 20.9. The van der Waals surface area contributed by atoms with E-state index in [1.165, 1.54) is 6.07 Å². The predicted octanol–water partition coefficient (Wildman–Crippen LogP) is 1.89. The zero-order valence-electron chi connectivity index (χ0n) is 12.1. The molecule has 1 N–H and O–H groups in total. The Bertz CT molecular complexity index is 480. The molecule has 1 aromatic rings. The summed E-state index contributed by atoms with van der Waals surface area (Å²) < 4.78 is 37.1. The number of rotatable bonds is 3. The number of pyridine rings is 1. The molecule has 0 amide bonds. The molecule has 2 heterocycles. The molecule has 1 saturated heterocycles. The molecule has 0 atom stereocenters. The van der Waals surface area contributed by atoms with E-state index in [9.17, 15) is 13.2 Å². The van der Waals surface area contributed by atoms with E-state index in [1.54, 1.807) is 0 Å². The smallest absolute Gasteiger partial charge is 0.382 e. The minimum atomic E-state index is -4.43. The Morgan fingerprint density at radius 3 is 2.59 bits per heavy atom.